The quantitative estimate of drug-likeness (QED) is 0.422. The highest BCUT2D eigenvalue weighted by atomic mass is 19.1. The van der Waals surface area contributed by atoms with Gasteiger partial charge in [0.25, 0.3) is 0 Å². The van der Waals surface area contributed by atoms with E-state index in [0.29, 0.717) is 25.2 Å². The van der Waals surface area contributed by atoms with Gasteiger partial charge in [-0.15, -0.1) is 0 Å². The zero-order chi connectivity index (χ0) is 11.8. The molecule has 90 valence electrons. The molecule has 1 rings (SSSR count). The van der Waals surface area contributed by atoms with Crippen LogP contribution in [0.2, 0.25) is 0 Å². The van der Waals surface area contributed by atoms with Crippen molar-refractivity contribution >= 4 is 0 Å². The van der Waals surface area contributed by atoms with Gasteiger partial charge in [0.15, 0.2) is 0 Å². The van der Waals surface area contributed by atoms with Crippen molar-refractivity contribution in [1.82, 2.24) is 5.43 Å². The van der Waals surface area contributed by atoms with E-state index < -0.39 is 0 Å². The maximum atomic E-state index is 13.4. The van der Waals surface area contributed by atoms with Crippen LogP contribution in [-0.4, -0.2) is 19.3 Å². The summed E-state index contributed by atoms with van der Waals surface area (Å²) in [6.45, 7) is 3.28. The summed E-state index contributed by atoms with van der Waals surface area (Å²) in [6.07, 6.45) is 1.36. The van der Waals surface area contributed by atoms with Gasteiger partial charge >= 0.3 is 0 Å². The van der Waals surface area contributed by atoms with E-state index in [9.17, 15) is 4.39 Å². The third-order valence-corrected chi connectivity index (χ3v) is 2.47. The summed E-state index contributed by atoms with van der Waals surface area (Å²) in [5, 5.41) is 0. The van der Waals surface area contributed by atoms with E-state index in [1.54, 1.807) is 12.1 Å². The number of hydrazine groups is 1. The van der Waals surface area contributed by atoms with Gasteiger partial charge in [-0.2, -0.15) is 0 Å². The first-order valence-corrected chi connectivity index (χ1v) is 5.55. The highest BCUT2D eigenvalue weighted by Crippen LogP contribution is 2.10. The zero-order valence-corrected chi connectivity index (χ0v) is 9.58. The number of nitrogens with two attached hydrogens (primary N) is 1. The molecule has 0 bridgehead atoms. The van der Waals surface area contributed by atoms with Crippen molar-refractivity contribution in [1.29, 1.82) is 0 Å². The molecule has 0 aliphatic rings. The molecule has 16 heavy (non-hydrogen) atoms. The van der Waals surface area contributed by atoms with Crippen LogP contribution in [0.3, 0.4) is 0 Å². The summed E-state index contributed by atoms with van der Waals surface area (Å²) < 4.78 is 18.6. The average Bonchev–Trinajstić information content (AvgIpc) is 2.30. The van der Waals surface area contributed by atoms with Gasteiger partial charge in [-0.3, -0.25) is 11.3 Å². The van der Waals surface area contributed by atoms with Crippen molar-refractivity contribution in [2.75, 3.05) is 13.2 Å². The van der Waals surface area contributed by atoms with Crippen molar-refractivity contribution in [3.8, 4) is 0 Å². The first kappa shape index (κ1) is 13.1. The average molecular weight is 226 g/mol. The number of hydrogen-bond donors (Lipinski definition) is 2. The largest absolute Gasteiger partial charge is 0.382 e. The van der Waals surface area contributed by atoms with E-state index in [0.717, 1.165) is 6.42 Å². The molecule has 1 atom stereocenters. The Morgan fingerprint density at radius 2 is 2.19 bits per heavy atom. The number of nitrogens with one attached hydrogen (secondary N) is 1. The summed E-state index contributed by atoms with van der Waals surface area (Å²) in [5.74, 6) is 5.24. The fraction of sp³-hybridized carbons (Fsp3) is 0.500. The summed E-state index contributed by atoms with van der Waals surface area (Å²) in [5.41, 5.74) is 3.37. The van der Waals surface area contributed by atoms with Gasteiger partial charge in [0, 0.05) is 19.3 Å². The second-order valence-corrected chi connectivity index (χ2v) is 3.64. The molecule has 0 aliphatic heterocycles. The van der Waals surface area contributed by atoms with Crippen molar-refractivity contribution in [3.63, 3.8) is 0 Å². The second-order valence-electron chi connectivity index (χ2n) is 3.64. The molecule has 0 aromatic heterocycles. The molecule has 0 spiro atoms. The number of benzene rings is 1. The molecule has 0 saturated heterocycles. The Morgan fingerprint density at radius 1 is 1.44 bits per heavy atom. The lowest BCUT2D eigenvalue weighted by Crippen LogP contribution is -2.37. The number of halogens is 1. The lowest BCUT2D eigenvalue weighted by Gasteiger charge is -2.16. The molecule has 3 N–H and O–H groups in total. The van der Waals surface area contributed by atoms with E-state index in [4.69, 9.17) is 10.6 Å². The molecule has 1 aromatic carbocycles. The minimum atomic E-state index is -0.181. The molecule has 0 saturated carbocycles. The van der Waals surface area contributed by atoms with Gasteiger partial charge in [0.1, 0.15) is 5.82 Å². The van der Waals surface area contributed by atoms with Crippen LogP contribution < -0.4 is 11.3 Å². The van der Waals surface area contributed by atoms with Crippen molar-refractivity contribution in [2.24, 2.45) is 5.84 Å². The van der Waals surface area contributed by atoms with Gasteiger partial charge < -0.3 is 4.74 Å². The van der Waals surface area contributed by atoms with Crippen molar-refractivity contribution < 1.29 is 9.13 Å². The second kappa shape index (κ2) is 7.33. The van der Waals surface area contributed by atoms with Gasteiger partial charge in [-0.1, -0.05) is 18.2 Å². The van der Waals surface area contributed by atoms with Gasteiger partial charge in [-0.25, -0.2) is 4.39 Å². The van der Waals surface area contributed by atoms with Crippen LogP contribution in [0.25, 0.3) is 0 Å². The monoisotopic (exact) mass is 226 g/mol. The van der Waals surface area contributed by atoms with Crippen LogP contribution >= 0.6 is 0 Å². The first-order valence-electron chi connectivity index (χ1n) is 5.55. The van der Waals surface area contributed by atoms with Gasteiger partial charge in [0.05, 0.1) is 0 Å². The fourth-order valence-corrected chi connectivity index (χ4v) is 1.54. The SMILES string of the molecule is CCOCCC(Cc1ccccc1F)NN. The summed E-state index contributed by atoms with van der Waals surface area (Å²) in [6, 6.07) is 6.80. The lowest BCUT2D eigenvalue weighted by molar-refractivity contribution is 0.136. The Bertz CT molecular complexity index is 307. The summed E-state index contributed by atoms with van der Waals surface area (Å²) in [4.78, 5) is 0. The Labute approximate surface area is 95.8 Å². The minimum Gasteiger partial charge on any atom is -0.382 e. The molecular weight excluding hydrogens is 207 g/mol. The highest BCUT2D eigenvalue weighted by molar-refractivity contribution is 5.18. The first-order chi connectivity index (χ1) is 7.77. The van der Waals surface area contributed by atoms with Crippen LogP contribution in [0.4, 0.5) is 4.39 Å². The third-order valence-electron chi connectivity index (χ3n) is 2.47. The summed E-state index contributed by atoms with van der Waals surface area (Å²) >= 11 is 0. The van der Waals surface area contributed by atoms with Crippen molar-refractivity contribution in [3.05, 3.63) is 35.6 Å². The van der Waals surface area contributed by atoms with Gasteiger partial charge in [-0.05, 0) is 31.4 Å². The van der Waals surface area contributed by atoms with Crippen LogP contribution in [-0.2, 0) is 11.2 Å². The standard InChI is InChI=1S/C12H19FN2O/c1-2-16-8-7-11(15-14)9-10-5-3-4-6-12(10)13/h3-6,11,15H,2,7-9,14H2,1H3. The fourth-order valence-electron chi connectivity index (χ4n) is 1.54. The van der Waals surface area contributed by atoms with E-state index >= 15 is 0 Å². The predicted molar refractivity (Wildman–Crippen MR) is 62.3 cm³/mol. The topological polar surface area (TPSA) is 47.3 Å². The van der Waals surface area contributed by atoms with E-state index in [1.807, 2.05) is 13.0 Å². The van der Waals surface area contributed by atoms with E-state index in [-0.39, 0.29) is 11.9 Å². The van der Waals surface area contributed by atoms with Crippen LogP contribution in [0.1, 0.15) is 18.9 Å². The molecule has 0 aliphatic carbocycles. The molecule has 3 nitrogen and oxygen atoms in total. The van der Waals surface area contributed by atoms with Crippen LogP contribution in [0.15, 0.2) is 24.3 Å². The smallest absolute Gasteiger partial charge is 0.126 e. The molecule has 0 fully saturated rings. The number of ether oxygens (including phenoxy) is 1. The van der Waals surface area contributed by atoms with E-state index in [1.165, 1.54) is 6.07 Å². The maximum Gasteiger partial charge on any atom is 0.126 e. The van der Waals surface area contributed by atoms with Crippen molar-refractivity contribution in [2.45, 2.75) is 25.8 Å². The van der Waals surface area contributed by atoms with Gasteiger partial charge in [0.2, 0.25) is 0 Å². The molecule has 1 unspecified atom stereocenters. The Balaban J connectivity index is 2.46. The normalized spacial score (nSPS) is 12.7. The molecule has 1 aromatic rings. The zero-order valence-electron chi connectivity index (χ0n) is 9.58. The Morgan fingerprint density at radius 3 is 2.81 bits per heavy atom. The highest BCUT2D eigenvalue weighted by Gasteiger charge is 2.10. The maximum absolute atomic E-state index is 13.4. The molecular formula is C12H19FN2O. The third kappa shape index (κ3) is 4.26. The predicted octanol–water partition coefficient (Wildman–Crippen LogP) is 1.63. The molecule has 4 heteroatoms. The number of hydrogen-bond acceptors (Lipinski definition) is 3. The molecule has 0 amide bonds. The molecule has 0 heterocycles. The summed E-state index contributed by atoms with van der Waals surface area (Å²) in [7, 11) is 0. The Hall–Kier alpha value is -0.970. The van der Waals surface area contributed by atoms with Crippen LogP contribution in [0, 0.1) is 5.82 Å². The lowest BCUT2D eigenvalue weighted by atomic mass is 10.0. The minimum absolute atomic E-state index is 0.0449. The Kier molecular flexibility index (Phi) is 6.00. The number of rotatable bonds is 7. The molecule has 0 radical (unpaired) electrons. The van der Waals surface area contributed by atoms with E-state index in [2.05, 4.69) is 5.43 Å². The van der Waals surface area contributed by atoms with Crippen LogP contribution in [0.5, 0.6) is 0 Å².